The Morgan fingerprint density at radius 2 is 0.750 bits per heavy atom. The fraction of sp³-hybridized carbons (Fsp3) is 0.426. The number of aryl methyl sites for hydroxylation is 4. The maximum absolute atomic E-state index is 5.47. The molecule has 0 saturated heterocycles. The van der Waals surface area contributed by atoms with Crippen LogP contribution in [0.4, 0.5) is 34.6 Å². The van der Waals surface area contributed by atoms with E-state index >= 15 is 0 Å². The maximum atomic E-state index is 5.47. The fourth-order valence-electron chi connectivity index (χ4n) is 6.92. The second-order valence-corrected chi connectivity index (χ2v) is 14.2. The lowest BCUT2D eigenvalue weighted by Crippen LogP contribution is -2.17. The number of benzene rings is 2. The van der Waals surface area contributed by atoms with E-state index in [0.717, 1.165) is 60.3 Å². The summed E-state index contributed by atoms with van der Waals surface area (Å²) in [5.41, 5.74) is 7.47. The van der Waals surface area contributed by atoms with Gasteiger partial charge in [0.25, 0.3) is 0 Å². The third-order valence-corrected chi connectivity index (χ3v) is 9.87. The summed E-state index contributed by atoms with van der Waals surface area (Å²) in [6.07, 6.45) is 22.7. The molecule has 0 aliphatic heterocycles. The zero-order valence-corrected chi connectivity index (χ0v) is 32.4. The first-order valence-corrected chi connectivity index (χ1v) is 20.3. The average molecular weight is 696 g/mol. The van der Waals surface area contributed by atoms with Crippen LogP contribution in [0.25, 0.3) is 0 Å². The Kier molecular flexibility index (Phi) is 15.7. The summed E-state index contributed by atoms with van der Waals surface area (Å²) in [6, 6.07) is 33.1. The van der Waals surface area contributed by atoms with E-state index in [1.807, 2.05) is 12.4 Å². The molecule has 2 aromatic carbocycles. The monoisotopic (exact) mass is 695 g/mol. The fourth-order valence-corrected chi connectivity index (χ4v) is 6.92. The number of rotatable bonds is 22. The number of hydrogen-bond donors (Lipinski definition) is 0. The van der Waals surface area contributed by atoms with Crippen molar-refractivity contribution in [1.82, 2.24) is 15.0 Å². The van der Waals surface area contributed by atoms with Crippen molar-refractivity contribution in [3.8, 4) is 0 Å². The molecule has 0 saturated carbocycles. The molecule has 3 aromatic heterocycles. The summed E-state index contributed by atoms with van der Waals surface area (Å²) in [4.78, 5) is 19.9. The molecule has 0 atom stereocenters. The van der Waals surface area contributed by atoms with Gasteiger partial charge in [0, 0.05) is 23.8 Å². The zero-order chi connectivity index (χ0) is 36.4. The van der Waals surface area contributed by atoms with Crippen LogP contribution in [0.3, 0.4) is 0 Å². The first-order chi connectivity index (χ1) is 25.6. The predicted octanol–water partition coefficient (Wildman–Crippen LogP) is 13.7. The Balaban J connectivity index is 1.61. The van der Waals surface area contributed by atoms with Gasteiger partial charge in [-0.1, -0.05) is 109 Å². The number of hydrogen-bond acceptors (Lipinski definition) is 5. The smallest absolute Gasteiger partial charge is 0.141 e. The van der Waals surface area contributed by atoms with E-state index in [4.69, 9.17) is 15.0 Å². The van der Waals surface area contributed by atoms with E-state index in [0.29, 0.717) is 0 Å². The third-order valence-electron chi connectivity index (χ3n) is 9.87. The molecule has 0 bridgehead atoms. The summed E-state index contributed by atoms with van der Waals surface area (Å²) in [5.74, 6) is 3.46. The lowest BCUT2D eigenvalue weighted by atomic mass is 10.1. The molecule has 5 nitrogen and oxygen atoms in total. The number of aromatic nitrogens is 3. The average Bonchev–Trinajstić information content (AvgIpc) is 3.17. The van der Waals surface area contributed by atoms with E-state index in [-0.39, 0.29) is 0 Å². The van der Waals surface area contributed by atoms with Gasteiger partial charge in [-0.05, 0) is 134 Å². The molecule has 5 aromatic rings. The van der Waals surface area contributed by atoms with E-state index < -0.39 is 0 Å². The van der Waals surface area contributed by atoms with Crippen molar-refractivity contribution in [1.29, 1.82) is 0 Å². The van der Waals surface area contributed by atoms with Crippen LogP contribution in [0.15, 0.2) is 103 Å². The van der Waals surface area contributed by atoms with Gasteiger partial charge in [-0.15, -0.1) is 0 Å². The number of anilines is 6. The minimum absolute atomic E-state index is 0.838. The van der Waals surface area contributed by atoms with Crippen LogP contribution in [0.2, 0.25) is 0 Å². The molecule has 3 heterocycles. The topological polar surface area (TPSA) is 45.2 Å². The molecule has 0 unspecified atom stereocenters. The van der Waals surface area contributed by atoms with Crippen molar-refractivity contribution < 1.29 is 0 Å². The molecule has 0 radical (unpaired) electrons. The van der Waals surface area contributed by atoms with Gasteiger partial charge in [0.15, 0.2) is 0 Å². The standard InChI is InChI=1S/C47H61N5/c1-5-9-13-20-38-24-17-26-42(34-38)51(46-36-40(30-32-48-46)22-15-11-7-3)44-28-19-29-45(50-44)52(43-27-18-25-39(35-43)21-14-10-6-2)47-37-41(31-33-49-47)23-16-12-8-4/h17-19,24-37H,5-16,20-23H2,1-4H3. The highest BCUT2D eigenvalue weighted by Gasteiger charge is 2.21. The molecular formula is C47H61N5. The Morgan fingerprint density at radius 3 is 1.13 bits per heavy atom. The van der Waals surface area contributed by atoms with Crippen molar-refractivity contribution in [2.75, 3.05) is 9.80 Å². The van der Waals surface area contributed by atoms with Gasteiger partial charge in [0.1, 0.15) is 23.3 Å². The summed E-state index contributed by atoms with van der Waals surface area (Å²) in [5, 5.41) is 0. The number of pyridine rings is 3. The molecule has 0 spiro atoms. The van der Waals surface area contributed by atoms with Crippen molar-refractivity contribution in [2.45, 2.75) is 130 Å². The molecule has 0 amide bonds. The molecule has 0 aliphatic rings. The van der Waals surface area contributed by atoms with Gasteiger partial charge in [-0.3, -0.25) is 9.80 Å². The van der Waals surface area contributed by atoms with Gasteiger partial charge in [-0.25, -0.2) is 15.0 Å². The lowest BCUT2D eigenvalue weighted by Gasteiger charge is -2.28. The molecular weight excluding hydrogens is 635 g/mol. The quantitative estimate of drug-likeness (QED) is 0.0674. The van der Waals surface area contributed by atoms with Crippen molar-refractivity contribution >= 4 is 34.6 Å². The summed E-state index contributed by atoms with van der Waals surface area (Å²) in [7, 11) is 0. The minimum Gasteiger partial charge on any atom is -0.279 e. The number of unbranched alkanes of at least 4 members (excludes halogenated alkanes) is 8. The first-order valence-electron chi connectivity index (χ1n) is 20.3. The SMILES string of the molecule is CCCCCc1cccc(N(c2cc(CCCCC)ccn2)c2cccc(N(c3cccc(CCCCC)c3)c3cc(CCCCC)ccn3)n2)c1. The largest absolute Gasteiger partial charge is 0.279 e. The molecule has 0 fully saturated rings. The van der Waals surface area contributed by atoms with Crippen LogP contribution in [0.5, 0.6) is 0 Å². The van der Waals surface area contributed by atoms with E-state index in [1.165, 1.54) is 99.3 Å². The maximum Gasteiger partial charge on any atom is 0.141 e. The Bertz CT molecular complexity index is 1550. The highest BCUT2D eigenvalue weighted by atomic mass is 15.3. The van der Waals surface area contributed by atoms with Crippen LogP contribution < -0.4 is 9.80 Å². The van der Waals surface area contributed by atoms with Gasteiger partial charge in [0.05, 0.1) is 0 Å². The van der Waals surface area contributed by atoms with Gasteiger partial charge < -0.3 is 0 Å². The molecule has 5 rings (SSSR count). The van der Waals surface area contributed by atoms with Crippen LogP contribution in [-0.4, -0.2) is 15.0 Å². The molecule has 274 valence electrons. The van der Waals surface area contributed by atoms with Crippen molar-refractivity contribution in [2.24, 2.45) is 0 Å². The Labute approximate surface area is 314 Å². The normalized spacial score (nSPS) is 11.2. The molecule has 0 N–H and O–H groups in total. The van der Waals surface area contributed by atoms with E-state index in [1.54, 1.807) is 0 Å². The Morgan fingerprint density at radius 1 is 0.385 bits per heavy atom. The second-order valence-electron chi connectivity index (χ2n) is 14.2. The highest BCUT2D eigenvalue weighted by Crippen LogP contribution is 2.38. The van der Waals surface area contributed by atoms with E-state index in [9.17, 15) is 0 Å². The van der Waals surface area contributed by atoms with E-state index in [2.05, 4.69) is 128 Å². The first kappa shape index (κ1) is 38.7. The Hall–Kier alpha value is -4.51. The van der Waals surface area contributed by atoms with Crippen LogP contribution in [-0.2, 0) is 25.7 Å². The van der Waals surface area contributed by atoms with Crippen LogP contribution in [0.1, 0.15) is 127 Å². The lowest BCUT2D eigenvalue weighted by molar-refractivity contribution is 0.716. The summed E-state index contributed by atoms with van der Waals surface area (Å²) in [6.45, 7) is 9.05. The van der Waals surface area contributed by atoms with Gasteiger partial charge in [-0.2, -0.15) is 0 Å². The summed E-state index contributed by atoms with van der Waals surface area (Å²) < 4.78 is 0. The second kappa shape index (κ2) is 21.1. The molecule has 52 heavy (non-hydrogen) atoms. The third kappa shape index (κ3) is 11.2. The van der Waals surface area contributed by atoms with Crippen LogP contribution >= 0.6 is 0 Å². The number of nitrogens with zero attached hydrogens (tertiary/aromatic N) is 5. The zero-order valence-electron chi connectivity index (χ0n) is 32.4. The van der Waals surface area contributed by atoms with Gasteiger partial charge >= 0.3 is 0 Å². The van der Waals surface area contributed by atoms with Crippen LogP contribution in [0, 0.1) is 0 Å². The van der Waals surface area contributed by atoms with Gasteiger partial charge in [0.2, 0.25) is 0 Å². The highest BCUT2D eigenvalue weighted by molar-refractivity contribution is 5.77. The minimum atomic E-state index is 0.838. The summed E-state index contributed by atoms with van der Waals surface area (Å²) >= 11 is 0. The van der Waals surface area contributed by atoms with Crippen molar-refractivity contribution in [3.05, 3.63) is 126 Å². The van der Waals surface area contributed by atoms with Crippen molar-refractivity contribution in [3.63, 3.8) is 0 Å². The predicted molar refractivity (Wildman–Crippen MR) is 222 cm³/mol. The molecule has 0 aliphatic carbocycles. The molecule has 5 heteroatoms.